The Balaban J connectivity index is 2.43. The first-order valence-electron chi connectivity index (χ1n) is 5.89. The highest BCUT2D eigenvalue weighted by molar-refractivity contribution is 7.10. The van der Waals surface area contributed by atoms with Crippen LogP contribution >= 0.6 is 11.3 Å². The Bertz CT molecular complexity index is 294. The number of hydrogen-bond acceptors (Lipinski definition) is 1. The lowest BCUT2D eigenvalue weighted by Crippen LogP contribution is -2.23. The molecule has 0 nitrogen and oxygen atoms in total. The van der Waals surface area contributed by atoms with Crippen molar-refractivity contribution in [3.8, 4) is 0 Å². The number of aryl methyl sites for hydroxylation is 1. The normalized spacial score (nSPS) is 20.1. The van der Waals surface area contributed by atoms with Gasteiger partial charge in [-0.3, -0.25) is 0 Å². The van der Waals surface area contributed by atoms with Crippen LogP contribution in [0.3, 0.4) is 0 Å². The van der Waals surface area contributed by atoms with E-state index < -0.39 is 0 Å². The number of thiophene rings is 1. The van der Waals surface area contributed by atoms with Crippen LogP contribution in [0.25, 0.3) is 0 Å². The van der Waals surface area contributed by atoms with Crippen molar-refractivity contribution < 1.29 is 0 Å². The van der Waals surface area contributed by atoms with Gasteiger partial charge in [-0.05, 0) is 54.5 Å². The number of hydrogen-bond donors (Lipinski definition) is 0. The van der Waals surface area contributed by atoms with Gasteiger partial charge in [-0.2, -0.15) is 0 Å². The fourth-order valence-electron chi connectivity index (χ4n) is 2.87. The molecule has 14 heavy (non-hydrogen) atoms. The van der Waals surface area contributed by atoms with Crippen molar-refractivity contribution in [2.24, 2.45) is 0 Å². The number of rotatable bonds is 2. The maximum Gasteiger partial charge on any atom is 0.00828 e. The van der Waals surface area contributed by atoms with Crippen LogP contribution in [-0.2, 0) is 11.8 Å². The van der Waals surface area contributed by atoms with E-state index >= 15 is 0 Å². The van der Waals surface area contributed by atoms with Gasteiger partial charge in [0.2, 0.25) is 0 Å². The highest BCUT2D eigenvalue weighted by atomic mass is 32.1. The van der Waals surface area contributed by atoms with E-state index in [1.54, 1.807) is 10.4 Å². The van der Waals surface area contributed by atoms with E-state index in [9.17, 15) is 0 Å². The van der Waals surface area contributed by atoms with E-state index in [1.165, 1.54) is 38.5 Å². The molecule has 0 amide bonds. The Morgan fingerprint density at radius 1 is 1.29 bits per heavy atom. The van der Waals surface area contributed by atoms with E-state index in [0.717, 1.165) is 0 Å². The van der Waals surface area contributed by atoms with Crippen LogP contribution in [0.1, 0.15) is 56.4 Å². The van der Waals surface area contributed by atoms with Crippen molar-refractivity contribution >= 4 is 11.3 Å². The molecular formula is C13H20S. The molecule has 0 saturated heterocycles. The molecule has 0 saturated carbocycles. The molecule has 1 heterocycles. The van der Waals surface area contributed by atoms with E-state index in [4.69, 9.17) is 0 Å². The smallest absolute Gasteiger partial charge is 0.00828 e. The fourth-order valence-corrected chi connectivity index (χ4v) is 3.92. The SMILES string of the molecule is CCC1(CC)CCCCc2sccc21. The predicted octanol–water partition coefficient (Wildman–Crippen LogP) is 4.53. The van der Waals surface area contributed by atoms with Crippen LogP contribution in [-0.4, -0.2) is 0 Å². The van der Waals surface area contributed by atoms with Gasteiger partial charge in [0.05, 0.1) is 0 Å². The van der Waals surface area contributed by atoms with Crippen LogP contribution in [0.15, 0.2) is 11.4 Å². The zero-order chi connectivity index (χ0) is 10.0. The van der Waals surface area contributed by atoms with Gasteiger partial charge in [0.25, 0.3) is 0 Å². The van der Waals surface area contributed by atoms with Crippen LogP contribution in [0, 0.1) is 0 Å². The van der Waals surface area contributed by atoms with E-state index in [2.05, 4.69) is 25.3 Å². The molecule has 1 aromatic rings. The monoisotopic (exact) mass is 208 g/mol. The first-order chi connectivity index (χ1) is 6.82. The van der Waals surface area contributed by atoms with Gasteiger partial charge in [0, 0.05) is 4.88 Å². The maximum atomic E-state index is 2.39. The molecule has 0 aromatic carbocycles. The summed E-state index contributed by atoms with van der Waals surface area (Å²) in [6.45, 7) is 4.71. The third-order valence-corrected chi connectivity index (χ3v) is 4.96. The predicted molar refractivity (Wildman–Crippen MR) is 64.1 cm³/mol. The summed E-state index contributed by atoms with van der Waals surface area (Å²) in [5.74, 6) is 0. The van der Waals surface area contributed by atoms with Crippen molar-refractivity contribution in [3.63, 3.8) is 0 Å². The Labute approximate surface area is 91.4 Å². The molecule has 0 unspecified atom stereocenters. The lowest BCUT2D eigenvalue weighted by atomic mass is 9.73. The fraction of sp³-hybridized carbons (Fsp3) is 0.692. The van der Waals surface area contributed by atoms with E-state index in [-0.39, 0.29) is 0 Å². The molecule has 0 bridgehead atoms. The van der Waals surface area contributed by atoms with Crippen molar-refractivity contribution in [2.45, 2.75) is 57.8 Å². The molecule has 78 valence electrons. The molecule has 0 atom stereocenters. The molecule has 0 radical (unpaired) electrons. The van der Waals surface area contributed by atoms with Gasteiger partial charge >= 0.3 is 0 Å². The minimum absolute atomic E-state index is 0.520. The van der Waals surface area contributed by atoms with Gasteiger partial charge in [0.15, 0.2) is 0 Å². The lowest BCUT2D eigenvalue weighted by molar-refractivity contribution is 0.361. The van der Waals surface area contributed by atoms with Crippen molar-refractivity contribution in [1.82, 2.24) is 0 Å². The van der Waals surface area contributed by atoms with Gasteiger partial charge < -0.3 is 0 Å². The molecule has 1 aliphatic rings. The van der Waals surface area contributed by atoms with E-state index in [0.29, 0.717) is 5.41 Å². The Hall–Kier alpha value is -0.300. The summed E-state index contributed by atoms with van der Waals surface area (Å²) >= 11 is 1.97. The van der Waals surface area contributed by atoms with Crippen LogP contribution in [0.2, 0.25) is 0 Å². The van der Waals surface area contributed by atoms with Gasteiger partial charge in [-0.15, -0.1) is 11.3 Å². The van der Waals surface area contributed by atoms with Gasteiger partial charge in [0.1, 0.15) is 0 Å². The summed E-state index contributed by atoms with van der Waals surface area (Å²) in [6, 6.07) is 2.39. The molecule has 2 rings (SSSR count). The van der Waals surface area contributed by atoms with Crippen LogP contribution in [0.5, 0.6) is 0 Å². The Morgan fingerprint density at radius 2 is 2.07 bits per heavy atom. The third-order valence-electron chi connectivity index (χ3n) is 3.98. The summed E-state index contributed by atoms with van der Waals surface area (Å²) < 4.78 is 0. The summed E-state index contributed by atoms with van der Waals surface area (Å²) in [6.07, 6.45) is 8.18. The highest BCUT2D eigenvalue weighted by Crippen LogP contribution is 2.43. The average molecular weight is 208 g/mol. The second-order valence-electron chi connectivity index (χ2n) is 4.45. The van der Waals surface area contributed by atoms with Crippen molar-refractivity contribution in [2.75, 3.05) is 0 Å². The second kappa shape index (κ2) is 4.06. The number of fused-ring (bicyclic) bond motifs is 1. The quantitative estimate of drug-likeness (QED) is 0.626. The Kier molecular flexibility index (Phi) is 2.96. The highest BCUT2D eigenvalue weighted by Gasteiger charge is 2.32. The van der Waals surface area contributed by atoms with Crippen LogP contribution in [0.4, 0.5) is 0 Å². The minimum atomic E-state index is 0.520. The largest absolute Gasteiger partial charge is 0.149 e. The molecule has 1 aromatic heterocycles. The first-order valence-corrected chi connectivity index (χ1v) is 6.77. The van der Waals surface area contributed by atoms with Crippen LogP contribution < -0.4 is 0 Å². The van der Waals surface area contributed by atoms with Crippen molar-refractivity contribution in [1.29, 1.82) is 0 Å². The summed E-state index contributed by atoms with van der Waals surface area (Å²) in [4.78, 5) is 1.67. The minimum Gasteiger partial charge on any atom is -0.149 e. The summed E-state index contributed by atoms with van der Waals surface area (Å²) in [5.41, 5.74) is 2.20. The molecule has 0 aliphatic heterocycles. The molecule has 0 fully saturated rings. The third kappa shape index (κ3) is 1.52. The van der Waals surface area contributed by atoms with E-state index in [1.807, 2.05) is 11.3 Å². The maximum absolute atomic E-state index is 2.39. The Morgan fingerprint density at radius 3 is 2.79 bits per heavy atom. The molecule has 0 spiro atoms. The molecular weight excluding hydrogens is 188 g/mol. The van der Waals surface area contributed by atoms with Gasteiger partial charge in [-0.25, -0.2) is 0 Å². The molecule has 0 N–H and O–H groups in total. The first kappa shape index (κ1) is 10.2. The van der Waals surface area contributed by atoms with Crippen molar-refractivity contribution in [3.05, 3.63) is 21.9 Å². The lowest BCUT2D eigenvalue weighted by Gasteiger charge is -2.31. The summed E-state index contributed by atoms with van der Waals surface area (Å²) in [5, 5.41) is 2.29. The molecule has 1 heteroatoms. The average Bonchev–Trinajstić information content (AvgIpc) is 2.62. The van der Waals surface area contributed by atoms with Gasteiger partial charge in [-0.1, -0.05) is 20.3 Å². The topological polar surface area (TPSA) is 0 Å². The zero-order valence-electron chi connectivity index (χ0n) is 9.31. The summed E-state index contributed by atoms with van der Waals surface area (Å²) in [7, 11) is 0. The zero-order valence-corrected chi connectivity index (χ0v) is 10.1. The molecule has 1 aliphatic carbocycles. The second-order valence-corrected chi connectivity index (χ2v) is 5.45. The standard InChI is InChI=1S/C13H20S/c1-3-13(4-2)9-6-5-7-12-11(13)8-10-14-12/h8,10H,3-7,9H2,1-2H3.